The minimum atomic E-state index is 0.0761. The number of fused-ring (bicyclic) bond motifs is 1. The average Bonchev–Trinajstić information content (AvgIpc) is 3.20. The predicted octanol–water partition coefficient (Wildman–Crippen LogP) is 5.40. The number of nitrogens with zero attached hydrogens (tertiary/aromatic N) is 2. The second-order valence-electron chi connectivity index (χ2n) is 8.72. The van der Waals surface area contributed by atoms with Gasteiger partial charge in [-0.3, -0.25) is 9.69 Å². The second-order valence-corrected chi connectivity index (χ2v) is 8.72. The van der Waals surface area contributed by atoms with Crippen molar-refractivity contribution in [3.8, 4) is 5.75 Å². The van der Waals surface area contributed by atoms with Crippen molar-refractivity contribution in [2.75, 3.05) is 39.5 Å². The van der Waals surface area contributed by atoms with E-state index in [1.54, 1.807) is 0 Å². The Morgan fingerprint density at radius 3 is 2.50 bits per heavy atom. The molecule has 0 spiro atoms. The number of rotatable bonds is 4. The molecule has 0 saturated carbocycles. The quantitative estimate of drug-likeness (QED) is 0.306. The van der Waals surface area contributed by atoms with Crippen LogP contribution in [0.3, 0.4) is 0 Å². The number of ether oxygens (including phenoxy) is 2. The van der Waals surface area contributed by atoms with Gasteiger partial charge in [-0.1, -0.05) is 54.6 Å². The number of carbonyl (C=O) groups excluding carboxylic acids is 1. The highest BCUT2D eigenvalue weighted by molar-refractivity contribution is 6.22. The number of aromatic nitrogens is 1. The van der Waals surface area contributed by atoms with E-state index in [9.17, 15) is 4.79 Å². The SMILES string of the molecule is C=C.Cc1c(C(=O)c2cccc3ccccc23)c2cccc3c2n1C(CN1CCOCC1)CO3. The van der Waals surface area contributed by atoms with Gasteiger partial charge in [0.2, 0.25) is 0 Å². The van der Waals surface area contributed by atoms with Gasteiger partial charge in [-0.15, -0.1) is 13.2 Å². The summed E-state index contributed by atoms with van der Waals surface area (Å²) in [6.45, 7) is 13.0. The Kier molecular flexibility index (Phi) is 6.22. The van der Waals surface area contributed by atoms with Crippen molar-refractivity contribution in [1.82, 2.24) is 9.47 Å². The lowest BCUT2D eigenvalue weighted by molar-refractivity contribution is 0.0272. The third-order valence-electron chi connectivity index (χ3n) is 6.86. The molecule has 0 bridgehead atoms. The van der Waals surface area contributed by atoms with Crippen molar-refractivity contribution in [3.63, 3.8) is 0 Å². The fourth-order valence-corrected chi connectivity index (χ4v) is 5.35. The maximum atomic E-state index is 14.0. The molecule has 2 aliphatic rings. The van der Waals surface area contributed by atoms with Crippen LogP contribution >= 0.6 is 0 Å². The number of para-hydroxylation sites is 1. The number of hydrogen-bond donors (Lipinski definition) is 0. The van der Waals surface area contributed by atoms with E-state index in [1.165, 1.54) is 0 Å². The van der Waals surface area contributed by atoms with Gasteiger partial charge in [-0.2, -0.15) is 0 Å². The standard InChI is InChI=1S/C27H26N2O3.C2H4/c1-18-25(27(30)22-9-4-7-19-6-2-3-8-21(19)22)23-10-5-11-24-26(23)29(18)20(17-32-24)16-28-12-14-31-15-13-28;1-2/h2-11,20H,12-17H2,1H3;1-2H2. The van der Waals surface area contributed by atoms with Gasteiger partial charge < -0.3 is 14.0 Å². The normalized spacial score (nSPS) is 17.7. The van der Waals surface area contributed by atoms with E-state index in [0.29, 0.717) is 6.61 Å². The first kappa shape index (κ1) is 22.4. The lowest BCUT2D eigenvalue weighted by atomic mass is 9.95. The van der Waals surface area contributed by atoms with Gasteiger partial charge in [0.1, 0.15) is 12.4 Å². The minimum Gasteiger partial charge on any atom is -0.489 e. The van der Waals surface area contributed by atoms with Crippen LogP contribution in [0.2, 0.25) is 0 Å². The van der Waals surface area contributed by atoms with Gasteiger partial charge in [-0.25, -0.2) is 0 Å². The highest BCUT2D eigenvalue weighted by atomic mass is 16.5. The van der Waals surface area contributed by atoms with Crippen molar-refractivity contribution in [3.05, 3.63) is 90.6 Å². The molecular weight excluding hydrogens is 424 g/mol. The van der Waals surface area contributed by atoms with Crippen molar-refractivity contribution < 1.29 is 14.3 Å². The first-order valence-corrected chi connectivity index (χ1v) is 11.8. The van der Waals surface area contributed by atoms with Gasteiger partial charge in [0.25, 0.3) is 0 Å². The number of hydrogen-bond acceptors (Lipinski definition) is 4. The van der Waals surface area contributed by atoms with E-state index >= 15 is 0 Å². The summed E-state index contributed by atoms with van der Waals surface area (Å²) in [5.41, 5.74) is 3.60. The molecule has 0 aliphatic carbocycles. The summed E-state index contributed by atoms with van der Waals surface area (Å²) in [6.07, 6.45) is 0. The Bertz CT molecular complexity index is 1350. The number of benzene rings is 3. The first-order chi connectivity index (χ1) is 16.7. The summed E-state index contributed by atoms with van der Waals surface area (Å²) in [4.78, 5) is 16.4. The third-order valence-corrected chi connectivity index (χ3v) is 6.86. The number of carbonyl (C=O) groups is 1. The van der Waals surface area contributed by atoms with Crippen LogP contribution in [0.1, 0.15) is 27.7 Å². The van der Waals surface area contributed by atoms with Gasteiger partial charge in [0.15, 0.2) is 5.78 Å². The van der Waals surface area contributed by atoms with Gasteiger partial charge in [-0.05, 0) is 23.8 Å². The van der Waals surface area contributed by atoms with E-state index in [1.807, 2.05) is 42.5 Å². The molecule has 0 N–H and O–H groups in total. The first-order valence-electron chi connectivity index (χ1n) is 11.8. The molecule has 6 rings (SSSR count). The molecular formula is C29H30N2O3. The van der Waals surface area contributed by atoms with Crippen LogP contribution in [0.5, 0.6) is 5.75 Å². The zero-order valence-corrected chi connectivity index (χ0v) is 19.6. The topological polar surface area (TPSA) is 43.7 Å². The van der Waals surface area contributed by atoms with Crippen LogP contribution in [0.25, 0.3) is 21.7 Å². The lowest BCUT2D eigenvalue weighted by Gasteiger charge is -2.34. The molecule has 3 aromatic carbocycles. The fourth-order valence-electron chi connectivity index (χ4n) is 5.35. The Morgan fingerprint density at radius 1 is 0.971 bits per heavy atom. The molecule has 3 heterocycles. The van der Waals surface area contributed by atoms with E-state index in [4.69, 9.17) is 9.47 Å². The highest BCUT2D eigenvalue weighted by Crippen LogP contribution is 2.40. The molecule has 0 radical (unpaired) electrons. The molecule has 0 amide bonds. The van der Waals surface area contributed by atoms with E-state index < -0.39 is 0 Å². The third kappa shape index (κ3) is 3.71. The summed E-state index contributed by atoms with van der Waals surface area (Å²) in [5, 5.41) is 3.05. The number of ketones is 1. The molecule has 1 atom stereocenters. The van der Waals surface area contributed by atoms with Gasteiger partial charge in [0, 0.05) is 36.3 Å². The summed E-state index contributed by atoms with van der Waals surface area (Å²) in [7, 11) is 0. The molecule has 5 heteroatoms. The van der Waals surface area contributed by atoms with Crippen LogP contribution < -0.4 is 4.74 Å². The molecule has 1 fully saturated rings. The zero-order valence-electron chi connectivity index (χ0n) is 19.6. The molecule has 4 aromatic rings. The smallest absolute Gasteiger partial charge is 0.196 e. The van der Waals surface area contributed by atoms with Gasteiger partial charge >= 0.3 is 0 Å². The largest absolute Gasteiger partial charge is 0.489 e. The Morgan fingerprint density at radius 2 is 1.68 bits per heavy atom. The monoisotopic (exact) mass is 454 g/mol. The van der Waals surface area contributed by atoms with Crippen molar-refractivity contribution >= 4 is 27.5 Å². The van der Waals surface area contributed by atoms with Crippen LogP contribution in [-0.4, -0.2) is 54.7 Å². The van der Waals surface area contributed by atoms with Crippen LogP contribution in [0, 0.1) is 6.92 Å². The van der Waals surface area contributed by atoms with Gasteiger partial charge in [0.05, 0.1) is 30.3 Å². The second kappa shape index (κ2) is 9.45. The summed E-state index contributed by atoms with van der Waals surface area (Å²) in [6, 6.07) is 20.3. The summed E-state index contributed by atoms with van der Waals surface area (Å²) >= 11 is 0. The Balaban J connectivity index is 0.00000117. The minimum absolute atomic E-state index is 0.0761. The fraction of sp³-hybridized carbons (Fsp3) is 0.276. The molecule has 34 heavy (non-hydrogen) atoms. The molecule has 174 valence electrons. The molecule has 5 nitrogen and oxygen atoms in total. The molecule has 2 aliphatic heterocycles. The maximum absolute atomic E-state index is 14.0. The number of morpholine rings is 1. The highest BCUT2D eigenvalue weighted by Gasteiger charge is 2.31. The average molecular weight is 455 g/mol. The van der Waals surface area contributed by atoms with E-state index in [2.05, 4.69) is 47.7 Å². The predicted molar refractivity (Wildman–Crippen MR) is 137 cm³/mol. The zero-order chi connectivity index (χ0) is 23.7. The molecule has 1 saturated heterocycles. The van der Waals surface area contributed by atoms with E-state index in [0.717, 1.165) is 77.1 Å². The Labute approximate surface area is 200 Å². The van der Waals surface area contributed by atoms with Crippen molar-refractivity contribution in [2.24, 2.45) is 0 Å². The van der Waals surface area contributed by atoms with Crippen LogP contribution in [0.15, 0.2) is 73.8 Å². The van der Waals surface area contributed by atoms with E-state index in [-0.39, 0.29) is 11.8 Å². The van der Waals surface area contributed by atoms with Crippen molar-refractivity contribution in [2.45, 2.75) is 13.0 Å². The van der Waals surface area contributed by atoms with Crippen molar-refractivity contribution in [1.29, 1.82) is 0 Å². The lowest BCUT2D eigenvalue weighted by Crippen LogP contribution is -2.42. The maximum Gasteiger partial charge on any atom is 0.196 e. The molecule has 1 unspecified atom stereocenters. The summed E-state index contributed by atoms with van der Waals surface area (Å²) < 4.78 is 14.1. The molecule has 1 aromatic heterocycles. The Hall–Kier alpha value is -3.41. The summed E-state index contributed by atoms with van der Waals surface area (Å²) in [5.74, 6) is 0.938. The van der Waals surface area contributed by atoms with Crippen LogP contribution in [-0.2, 0) is 4.74 Å². The van der Waals surface area contributed by atoms with Crippen LogP contribution in [0.4, 0.5) is 0 Å².